The van der Waals surface area contributed by atoms with Gasteiger partial charge < -0.3 is 10.6 Å². The fourth-order valence-corrected chi connectivity index (χ4v) is 2.33. The van der Waals surface area contributed by atoms with Gasteiger partial charge in [-0.25, -0.2) is 9.97 Å². The number of nitrogens with two attached hydrogens (primary N) is 1. The zero-order valence-electron chi connectivity index (χ0n) is 11.6. The van der Waals surface area contributed by atoms with E-state index in [0.29, 0.717) is 13.1 Å². The van der Waals surface area contributed by atoms with Gasteiger partial charge in [-0.2, -0.15) is 13.2 Å². The largest absolute Gasteiger partial charge is 0.451 e. The maximum atomic E-state index is 12.7. The molecule has 0 aromatic carbocycles. The number of likely N-dealkylation sites (N-methyl/N-ethyl adjacent to an activating group) is 1. The molecule has 0 radical (unpaired) electrons. The lowest BCUT2D eigenvalue weighted by atomic mass is 10.1. The summed E-state index contributed by atoms with van der Waals surface area (Å²) in [5.74, 6) is -1.12. The Hall–Kier alpha value is -1.57. The average Bonchev–Trinajstić information content (AvgIpc) is 2.33. The molecule has 0 amide bonds. The van der Waals surface area contributed by atoms with Gasteiger partial charge in [-0.15, -0.1) is 0 Å². The predicted molar refractivity (Wildman–Crippen MR) is 70.3 cm³/mol. The van der Waals surface area contributed by atoms with Crippen LogP contribution in [-0.4, -0.2) is 47.1 Å². The summed E-state index contributed by atoms with van der Waals surface area (Å²) in [4.78, 5) is 10.9. The second kappa shape index (κ2) is 5.08. The number of nitrogens with zero attached hydrogens (tertiary/aromatic N) is 4. The summed E-state index contributed by atoms with van der Waals surface area (Å²) in [6.07, 6.45) is -4.59. The molecule has 20 heavy (non-hydrogen) atoms. The Morgan fingerprint density at radius 1 is 1.20 bits per heavy atom. The number of rotatable bonds is 1. The minimum Gasteiger partial charge on any atom is -0.384 e. The Kier molecular flexibility index (Phi) is 3.77. The lowest BCUT2D eigenvalue weighted by Gasteiger charge is -2.43. The molecule has 0 aliphatic carbocycles. The van der Waals surface area contributed by atoms with Gasteiger partial charge in [0, 0.05) is 31.2 Å². The molecule has 2 rings (SSSR count). The van der Waals surface area contributed by atoms with Gasteiger partial charge in [0.15, 0.2) is 0 Å². The van der Waals surface area contributed by atoms with Crippen LogP contribution in [0.3, 0.4) is 0 Å². The van der Waals surface area contributed by atoms with Crippen LogP contribution < -0.4 is 10.6 Å². The maximum Gasteiger partial charge on any atom is 0.451 e. The highest BCUT2D eigenvalue weighted by molar-refractivity contribution is 5.48. The van der Waals surface area contributed by atoms with Gasteiger partial charge in [-0.3, -0.25) is 4.90 Å². The van der Waals surface area contributed by atoms with Gasteiger partial charge in [-0.1, -0.05) is 0 Å². The number of alkyl halides is 3. The second-order valence-electron chi connectivity index (χ2n) is 5.24. The van der Waals surface area contributed by atoms with E-state index in [1.165, 1.54) is 6.07 Å². The zero-order chi connectivity index (χ0) is 15.1. The molecule has 1 saturated heterocycles. The fourth-order valence-electron chi connectivity index (χ4n) is 2.33. The van der Waals surface area contributed by atoms with Gasteiger partial charge in [-0.05, 0) is 20.9 Å². The highest BCUT2D eigenvalue weighted by Crippen LogP contribution is 2.29. The molecule has 0 spiro atoms. The van der Waals surface area contributed by atoms with Crippen LogP contribution in [0.1, 0.15) is 19.7 Å². The van der Waals surface area contributed by atoms with E-state index < -0.39 is 12.0 Å². The number of hydrogen-bond donors (Lipinski definition) is 1. The lowest BCUT2D eigenvalue weighted by molar-refractivity contribution is -0.144. The minimum atomic E-state index is -4.59. The number of nitrogen functional groups attached to an aromatic ring is 1. The summed E-state index contributed by atoms with van der Waals surface area (Å²) in [5, 5.41) is 0. The van der Waals surface area contributed by atoms with E-state index in [9.17, 15) is 13.2 Å². The third kappa shape index (κ3) is 2.95. The molecule has 112 valence electrons. The molecule has 1 aromatic rings. The molecule has 0 bridgehead atoms. The molecule has 2 heterocycles. The zero-order valence-corrected chi connectivity index (χ0v) is 11.6. The first-order valence-electron chi connectivity index (χ1n) is 6.37. The highest BCUT2D eigenvalue weighted by atomic mass is 19.4. The van der Waals surface area contributed by atoms with E-state index in [-0.39, 0.29) is 23.7 Å². The van der Waals surface area contributed by atoms with Crippen molar-refractivity contribution in [3.8, 4) is 0 Å². The van der Waals surface area contributed by atoms with Crippen molar-refractivity contribution < 1.29 is 13.2 Å². The van der Waals surface area contributed by atoms with Crippen LogP contribution in [0.2, 0.25) is 0 Å². The van der Waals surface area contributed by atoms with Crippen molar-refractivity contribution in [2.45, 2.75) is 32.1 Å². The molecule has 1 aliphatic rings. The maximum absolute atomic E-state index is 12.7. The second-order valence-corrected chi connectivity index (χ2v) is 5.24. The van der Waals surface area contributed by atoms with Gasteiger partial charge in [0.1, 0.15) is 11.6 Å². The average molecular weight is 289 g/mol. The summed E-state index contributed by atoms with van der Waals surface area (Å²) >= 11 is 0. The smallest absolute Gasteiger partial charge is 0.384 e. The number of anilines is 2. The molecule has 1 aliphatic heterocycles. The summed E-state index contributed by atoms with van der Waals surface area (Å²) < 4.78 is 38.2. The SMILES string of the molecule is CC1CN(c2cc(N)nc(C(F)(F)F)n2)CC(C)N1C. The van der Waals surface area contributed by atoms with Crippen molar-refractivity contribution in [3.63, 3.8) is 0 Å². The molecule has 1 aromatic heterocycles. The van der Waals surface area contributed by atoms with Gasteiger partial charge in [0.25, 0.3) is 0 Å². The van der Waals surface area contributed by atoms with Crippen LogP contribution in [0, 0.1) is 0 Å². The number of aromatic nitrogens is 2. The normalized spacial score (nSPS) is 25.0. The summed E-state index contributed by atoms with van der Waals surface area (Å²) in [7, 11) is 2.00. The van der Waals surface area contributed by atoms with Crippen molar-refractivity contribution in [2.75, 3.05) is 30.8 Å². The number of hydrogen-bond acceptors (Lipinski definition) is 5. The van der Waals surface area contributed by atoms with Crippen molar-refractivity contribution >= 4 is 11.6 Å². The quantitative estimate of drug-likeness (QED) is 0.851. The van der Waals surface area contributed by atoms with E-state index >= 15 is 0 Å². The molecule has 2 N–H and O–H groups in total. The Morgan fingerprint density at radius 2 is 1.75 bits per heavy atom. The molecular weight excluding hydrogens is 271 g/mol. The summed E-state index contributed by atoms with van der Waals surface area (Å²) in [5.41, 5.74) is 5.47. The van der Waals surface area contributed by atoms with Crippen LogP contribution in [0.25, 0.3) is 0 Å². The van der Waals surface area contributed by atoms with Crippen LogP contribution in [0.5, 0.6) is 0 Å². The van der Waals surface area contributed by atoms with E-state index in [1.807, 2.05) is 25.8 Å². The van der Waals surface area contributed by atoms with Gasteiger partial charge in [0.2, 0.25) is 5.82 Å². The highest BCUT2D eigenvalue weighted by Gasteiger charge is 2.36. The van der Waals surface area contributed by atoms with E-state index in [1.54, 1.807) is 0 Å². The fraction of sp³-hybridized carbons (Fsp3) is 0.667. The molecule has 1 fully saturated rings. The van der Waals surface area contributed by atoms with Gasteiger partial charge >= 0.3 is 6.18 Å². The number of piperazine rings is 1. The van der Waals surface area contributed by atoms with Crippen LogP contribution in [0.4, 0.5) is 24.8 Å². The molecule has 0 saturated carbocycles. The summed E-state index contributed by atoms with van der Waals surface area (Å²) in [6, 6.07) is 1.84. The minimum absolute atomic E-state index is 0.165. The van der Waals surface area contributed by atoms with Crippen LogP contribution in [-0.2, 0) is 6.18 Å². The van der Waals surface area contributed by atoms with Crippen LogP contribution in [0.15, 0.2) is 6.07 Å². The molecule has 5 nitrogen and oxygen atoms in total. The first-order valence-corrected chi connectivity index (χ1v) is 6.37. The molecular formula is C12H18F3N5. The van der Waals surface area contributed by atoms with Crippen molar-refractivity contribution in [1.29, 1.82) is 0 Å². The topological polar surface area (TPSA) is 58.3 Å². The van der Waals surface area contributed by atoms with E-state index in [0.717, 1.165) is 0 Å². The predicted octanol–water partition coefficient (Wildman–Crippen LogP) is 1.61. The first-order chi connectivity index (χ1) is 9.18. The Labute approximate surface area is 115 Å². The molecule has 8 heteroatoms. The van der Waals surface area contributed by atoms with Crippen LogP contribution >= 0.6 is 0 Å². The Morgan fingerprint density at radius 3 is 2.25 bits per heavy atom. The molecule has 2 unspecified atom stereocenters. The third-order valence-corrected chi connectivity index (χ3v) is 3.67. The lowest BCUT2D eigenvalue weighted by Crippen LogP contribution is -2.55. The van der Waals surface area contributed by atoms with E-state index in [4.69, 9.17) is 5.73 Å². The monoisotopic (exact) mass is 289 g/mol. The van der Waals surface area contributed by atoms with Crippen molar-refractivity contribution in [1.82, 2.24) is 14.9 Å². The van der Waals surface area contributed by atoms with E-state index in [2.05, 4.69) is 14.9 Å². The Bertz CT molecular complexity index is 478. The third-order valence-electron chi connectivity index (χ3n) is 3.67. The van der Waals surface area contributed by atoms with Crippen molar-refractivity contribution in [2.24, 2.45) is 0 Å². The van der Waals surface area contributed by atoms with Crippen molar-refractivity contribution in [3.05, 3.63) is 11.9 Å². The summed E-state index contributed by atoms with van der Waals surface area (Å²) in [6.45, 7) is 5.26. The Balaban J connectivity index is 2.31. The number of halogens is 3. The first kappa shape index (κ1) is 14.8. The van der Waals surface area contributed by atoms with Gasteiger partial charge in [0.05, 0.1) is 0 Å². The standard InChI is InChI=1S/C12H18F3N5/c1-7-5-20(6-8(2)19(7)3)10-4-9(16)17-11(18-10)12(13,14)15/h4,7-8H,5-6H2,1-3H3,(H2,16,17,18). The molecule has 2 atom stereocenters.